The van der Waals surface area contributed by atoms with Crippen LogP contribution < -0.4 is 14.8 Å². The molecular weight excluding hydrogens is 396 g/mol. The van der Waals surface area contributed by atoms with Crippen molar-refractivity contribution in [2.24, 2.45) is 0 Å². The summed E-state index contributed by atoms with van der Waals surface area (Å²) in [6.07, 6.45) is 0.570. The number of benzene rings is 2. The second-order valence-electron chi connectivity index (χ2n) is 6.88. The summed E-state index contributed by atoms with van der Waals surface area (Å²) in [6, 6.07) is 14.6. The highest BCUT2D eigenvalue weighted by atomic mass is 16.5. The monoisotopic (exact) mass is 424 g/mol. The zero-order valence-corrected chi connectivity index (χ0v) is 18.1. The lowest BCUT2D eigenvalue weighted by molar-refractivity contribution is -0.136. The van der Waals surface area contributed by atoms with Gasteiger partial charge < -0.3 is 19.5 Å². The van der Waals surface area contributed by atoms with Crippen LogP contribution in [-0.2, 0) is 14.3 Å². The van der Waals surface area contributed by atoms with Crippen molar-refractivity contribution in [1.29, 1.82) is 0 Å². The molecular formula is C24H28N2O5. The first-order chi connectivity index (χ1) is 15.1. The number of rotatable bonds is 11. The molecule has 3 rings (SSSR count). The molecule has 2 amide bonds. The van der Waals surface area contributed by atoms with Crippen LogP contribution in [0.15, 0.2) is 54.2 Å². The van der Waals surface area contributed by atoms with Crippen LogP contribution >= 0.6 is 0 Å². The lowest BCUT2D eigenvalue weighted by Gasteiger charge is -2.16. The van der Waals surface area contributed by atoms with E-state index in [4.69, 9.17) is 14.2 Å². The molecule has 2 aromatic carbocycles. The lowest BCUT2D eigenvalue weighted by atomic mass is 10.0. The number of ether oxygens (including phenoxy) is 3. The van der Waals surface area contributed by atoms with Crippen molar-refractivity contribution in [3.63, 3.8) is 0 Å². The summed E-state index contributed by atoms with van der Waals surface area (Å²) in [5, 5.41) is 3.16. The van der Waals surface area contributed by atoms with Gasteiger partial charge in [0.2, 0.25) is 0 Å². The first-order valence-electron chi connectivity index (χ1n) is 10.4. The van der Waals surface area contributed by atoms with E-state index in [1.807, 2.05) is 44.2 Å². The summed E-state index contributed by atoms with van der Waals surface area (Å²) in [7, 11) is 1.59. The largest absolute Gasteiger partial charge is 0.490 e. The fraction of sp³-hybridized carbons (Fsp3) is 0.333. The van der Waals surface area contributed by atoms with Gasteiger partial charge in [0.05, 0.1) is 18.8 Å². The average Bonchev–Trinajstić information content (AvgIpc) is 3.00. The Balaban J connectivity index is 1.97. The molecule has 2 aromatic rings. The van der Waals surface area contributed by atoms with Crippen LogP contribution in [0, 0.1) is 0 Å². The van der Waals surface area contributed by atoms with Gasteiger partial charge >= 0.3 is 0 Å². The molecule has 0 aromatic heterocycles. The number of hydrogen-bond acceptors (Lipinski definition) is 6. The van der Waals surface area contributed by atoms with E-state index in [-0.39, 0.29) is 17.5 Å². The molecule has 0 fully saturated rings. The summed E-state index contributed by atoms with van der Waals surface area (Å²) >= 11 is 0. The van der Waals surface area contributed by atoms with Crippen molar-refractivity contribution in [2.45, 2.75) is 20.3 Å². The van der Waals surface area contributed by atoms with E-state index in [0.29, 0.717) is 61.1 Å². The molecule has 0 spiro atoms. The molecule has 164 valence electrons. The number of nitrogens with one attached hydrogen (secondary N) is 1. The molecule has 0 saturated carbocycles. The molecule has 0 saturated heterocycles. The molecule has 1 aliphatic heterocycles. The van der Waals surface area contributed by atoms with Crippen molar-refractivity contribution in [2.75, 3.05) is 38.8 Å². The van der Waals surface area contributed by atoms with Gasteiger partial charge in [0, 0.05) is 32.0 Å². The minimum atomic E-state index is -0.355. The first kappa shape index (κ1) is 22.4. The predicted octanol–water partition coefficient (Wildman–Crippen LogP) is 3.71. The van der Waals surface area contributed by atoms with E-state index >= 15 is 0 Å². The minimum Gasteiger partial charge on any atom is -0.490 e. The molecule has 7 heteroatoms. The Morgan fingerprint density at radius 2 is 1.61 bits per heavy atom. The van der Waals surface area contributed by atoms with E-state index < -0.39 is 0 Å². The van der Waals surface area contributed by atoms with Gasteiger partial charge in [-0.3, -0.25) is 14.5 Å². The van der Waals surface area contributed by atoms with Crippen molar-refractivity contribution in [3.8, 4) is 11.5 Å². The molecule has 0 bridgehead atoms. The maximum Gasteiger partial charge on any atom is 0.278 e. The van der Waals surface area contributed by atoms with Gasteiger partial charge in [-0.25, -0.2) is 0 Å². The summed E-state index contributed by atoms with van der Waals surface area (Å²) in [6.45, 7) is 5.55. The maximum atomic E-state index is 13.2. The van der Waals surface area contributed by atoms with Crippen LogP contribution in [0.25, 0.3) is 5.57 Å². The Morgan fingerprint density at radius 1 is 0.903 bits per heavy atom. The van der Waals surface area contributed by atoms with Gasteiger partial charge in [0.25, 0.3) is 11.8 Å². The number of imide groups is 1. The number of methoxy groups -OCH3 is 1. The number of hydrogen-bond donors (Lipinski definition) is 1. The normalized spacial score (nSPS) is 13.7. The van der Waals surface area contributed by atoms with E-state index in [9.17, 15) is 9.59 Å². The third kappa shape index (κ3) is 5.06. The van der Waals surface area contributed by atoms with Crippen LogP contribution in [0.1, 0.15) is 25.8 Å². The Labute approximate surface area is 182 Å². The van der Waals surface area contributed by atoms with Gasteiger partial charge in [0.15, 0.2) is 11.5 Å². The van der Waals surface area contributed by atoms with Crippen LogP contribution in [0.3, 0.4) is 0 Å². The third-order valence-electron chi connectivity index (χ3n) is 4.77. The number of nitrogens with zero attached hydrogens (tertiary/aromatic N) is 1. The Kier molecular flexibility index (Phi) is 7.67. The Bertz CT molecular complexity index is 956. The Morgan fingerprint density at radius 3 is 2.29 bits per heavy atom. The highest BCUT2D eigenvalue weighted by molar-refractivity contribution is 6.36. The Hall–Kier alpha value is -3.32. The van der Waals surface area contributed by atoms with Gasteiger partial charge in [-0.2, -0.15) is 0 Å². The second-order valence-corrected chi connectivity index (χ2v) is 6.88. The topological polar surface area (TPSA) is 77.1 Å². The highest BCUT2D eigenvalue weighted by Crippen LogP contribution is 2.34. The van der Waals surface area contributed by atoms with E-state index in [2.05, 4.69) is 5.32 Å². The highest BCUT2D eigenvalue weighted by Gasteiger charge is 2.38. The van der Waals surface area contributed by atoms with Crippen molar-refractivity contribution in [1.82, 2.24) is 4.90 Å². The van der Waals surface area contributed by atoms with Crippen molar-refractivity contribution < 1.29 is 23.8 Å². The van der Waals surface area contributed by atoms with Gasteiger partial charge in [-0.05, 0) is 38.0 Å². The summed E-state index contributed by atoms with van der Waals surface area (Å²) in [5.74, 6) is 0.532. The van der Waals surface area contributed by atoms with Crippen LogP contribution in [0.5, 0.6) is 11.5 Å². The van der Waals surface area contributed by atoms with Crippen LogP contribution in [0.4, 0.5) is 5.69 Å². The zero-order valence-electron chi connectivity index (χ0n) is 18.1. The predicted molar refractivity (Wildman–Crippen MR) is 119 cm³/mol. The molecule has 0 radical (unpaired) electrons. The SMILES string of the molecule is CCOc1ccc(NC2=C(c3ccccc3)C(=O)N(CCCOC)C2=O)cc1OCC. The first-order valence-corrected chi connectivity index (χ1v) is 10.4. The number of amides is 2. The molecule has 1 N–H and O–H groups in total. The average molecular weight is 424 g/mol. The molecule has 1 heterocycles. The minimum absolute atomic E-state index is 0.250. The van der Waals surface area contributed by atoms with Crippen molar-refractivity contribution in [3.05, 3.63) is 59.8 Å². The fourth-order valence-corrected chi connectivity index (χ4v) is 3.41. The quantitative estimate of drug-likeness (QED) is 0.438. The van der Waals surface area contributed by atoms with Gasteiger partial charge in [-0.15, -0.1) is 0 Å². The van der Waals surface area contributed by atoms with Crippen molar-refractivity contribution >= 4 is 23.1 Å². The number of carbonyl (C=O) groups is 2. The standard InChI is InChI=1S/C24H28N2O5/c1-4-30-19-13-12-18(16-20(19)31-5-2)25-22-21(17-10-7-6-8-11-17)23(27)26(24(22)28)14-9-15-29-3/h6-8,10-13,16,25H,4-5,9,14-15H2,1-3H3. The van der Waals surface area contributed by atoms with E-state index in [0.717, 1.165) is 0 Å². The smallest absolute Gasteiger partial charge is 0.278 e. The number of anilines is 1. The molecule has 0 unspecified atom stereocenters. The fourth-order valence-electron chi connectivity index (χ4n) is 3.41. The third-order valence-corrected chi connectivity index (χ3v) is 4.77. The van der Waals surface area contributed by atoms with Gasteiger partial charge in [-0.1, -0.05) is 30.3 Å². The summed E-state index contributed by atoms with van der Waals surface area (Å²) < 4.78 is 16.4. The number of carbonyl (C=O) groups excluding carboxylic acids is 2. The molecule has 1 aliphatic rings. The molecule has 0 aliphatic carbocycles. The van der Waals surface area contributed by atoms with Crippen LogP contribution in [-0.4, -0.2) is 50.2 Å². The lowest BCUT2D eigenvalue weighted by Crippen LogP contribution is -2.33. The molecule has 0 atom stereocenters. The van der Waals surface area contributed by atoms with Gasteiger partial charge in [0.1, 0.15) is 5.70 Å². The summed E-state index contributed by atoms with van der Waals surface area (Å²) in [5.41, 5.74) is 1.93. The summed E-state index contributed by atoms with van der Waals surface area (Å²) in [4.78, 5) is 27.6. The van der Waals surface area contributed by atoms with Crippen LogP contribution in [0.2, 0.25) is 0 Å². The zero-order chi connectivity index (χ0) is 22.2. The maximum absolute atomic E-state index is 13.2. The van der Waals surface area contributed by atoms with E-state index in [1.165, 1.54) is 4.90 Å². The second kappa shape index (κ2) is 10.6. The van der Waals surface area contributed by atoms with E-state index in [1.54, 1.807) is 25.3 Å². The molecule has 31 heavy (non-hydrogen) atoms. The molecule has 7 nitrogen and oxygen atoms in total.